The van der Waals surface area contributed by atoms with Gasteiger partial charge in [0.05, 0.1) is 22.9 Å². The third-order valence-corrected chi connectivity index (χ3v) is 5.89. The Bertz CT molecular complexity index is 1050. The Balaban J connectivity index is 1.26. The van der Waals surface area contributed by atoms with Crippen molar-refractivity contribution in [3.8, 4) is 5.75 Å². The molecule has 1 aromatic carbocycles. The lowest BCUT2D eigenvalue weighted by Gasteiger charge is -2.33. The number of piperazine rings is 1. The lowest BCUT2D eigenvalue weighted by atomic mass is 10.2. The van der Waals surface area contributed by atoms with Gasteiger partial charge in [0.1, 0.15) is 12.4 Å². The maximum absolute atomic E-state index is 12.6. The monoisotopic (exact) mass is 438 g/mol. The van der Waals surface area contributed by atoms with Crippen molar-refractivity contribution in [2.75, 3.05) is 26.2 Å². The van der Waals surface area contributed by atoms with Crippen LogP contribution in [0.3, 0.4) is 0 Å². The number of thiazole rings is 1. The first-order valence-corrected chi connectivity index (χ1v) is 11.2. The van der Waals surface area contributed by atoms with E-state index in [4.69, 9.17) is 9.26 Å². The number of rotatable bonds is 7. The quantitative estimate of drug-likeness (QED) is 0.524. The number of amides is 1. The summed E-state index contributed by atoms with van der Waals surface area (Å²) in [5.41, 5.74) is 2.75. The van der Waals surface area contributed by atoms with Crippen molar-refractivity contribution in [2.45, 2.75) is 27.0 Å². The molecule has 0 N–H and O–H groups in total. The van der Waals surface area contributed by atoms with Gasteiger partial charge in [0.25, 0.3) is 0 Å². The molecule has 1 aliphatic heterocycles. The molecule has 3 aromatic rings. The topological polar surface area (TPSA) is 71.7 Å². The van der Waals surface area contributed by atoms with Crippen molar-refractivity contribution >= 4 is 23.3 Å². The second-order valence-corrected chi connectivity index (χ2v) is 8.65. The van der Waals surface area contributed by atoms with Crippen LogP contribution in [0, 0.1) is 13.8 Å². The largest absolute Gasteiger partial charge is 0.487 e. The standard InChI is InChI=1S/C23H26N4O3S/c1-17-12-22(30-25-17)14-26-8-10-27(11-9-26)23(28)7-6-19-4-3-5-21(13-19)29-15-20-16-31-18(2)24-20/h3-7,12-13,16H,8-11,14-15H2,1-2H3/b7-6+. The zero-order valence-corrected chi connectivity index (χ0v) is 18.6. The van der Waals surface area contributed by atoms with E-state index in [0.29, 0.717) is 19.7 Å². The van der Waals surface area contributed by atoms with Gasteiger partial charge < -0.3 is 14.2 Å². The SMILES string of the molecule is Cc1cc(CN2CCN(C(=O)/C=C/c3cccc(OCc4csc(C)n4)c3)CC2)on1. The lowest BCUT2D eigenvalue weighted by molar-refractivity contribution is -0.127. The number of carbonyl (C=O) groups excluding carboxylic acids is 1. The Morgan fingerprint density at radius 1 is 1.23 bits per heavy atom. The predicted molar refractivity (Wildman–Crippen MR) is 120 cm³/mol. The van der Waals surface area contributed by atoms with E-state index in [-0.39, 0.29) is 5.91 Å². The molecule has 0 saturated carbocycles. The maximum atomic E-state index is 12.6. The van der Waals surface area contributed by atoms with Crippen molar-refractivity contribution < 1.29 is 14.1 Å². The van der Waals surface area contributed by atoms with Crippen molar-refractivity contribution in [3.05, 3.63) is 69.5 Å². The van der Waals surface area contributed by atoms with Gasteiger partial charge in [-0.2, -0.15) is 0 Å². The van der Waals surface area contributed by atoms with E-state index in [0.717, 1.165) is 53.1 Å². The van der Waals surface area contributed by atoms with Crippen LogP contribution in [0.4, 0.5) is 0 Å². The lowest BCUT2D eigenvalue weighted by Crippen LogP contribution is -2.47. The van der Waals surface area contributed by atoms with E-state index in [1.807, 2.05) is 60.5 Å². The number of nitrogens with zero attached hydrogens (tertiary/aromatic N) is 4. The summed E-state index contributed by atoms with van der Waals surface area (Å²) in [4.78, 5) is 21.2. The molecule has 0 spiro atoms. The van der Waals surface area contributed by atoms with Crippen molar-refractivity contribution in [1.82, 2.24) is 19.9 Å². The second-order valence-electron chi connectivity index (χ2n) is 7.59. The first-order valence-electron chi connectivity index (χ1n) is 10.3. The summed E-state index contributed by atoms with van der Waals surface area (Å²) >= 11 is 1.61. The van der Waals surface area contributed by atoms with Crippen LogP contribution < -0.4 is 4.74 Å². The zero-order valence-electron chi connectivity index (χ0n) is 17.8. The number of hydrogen-bond acceptors (Lipinski definition) is 7. The van der Waals surface area contributed by atoms with Gasteiger partial charge >= 0.3 is 0 Å². The fraction of sp³-hybridized carbons (Fsp3) is 0.348. The molecule has 1 saturated heterocycles. The van der Waals surface area contributed by atoms with E-state index in [9.17, 15) is 4.79 Å². The third-order valence-electron chi connectivity index (χ3n) is 5.07. The van der Waals surface area contributed by atoms with Gasteiger partial charge in [-0.15, -0.1) is 11.3 Å². The molecule has 4 rings (SSSR count). The van der Waals surface area contributed by atoms with Crippen LogP contribution in [0.1, 0.15) is 27.7 Å². The van der Waals surface area contributed by atoms with E-state index < -0.39 is 0 Å². The third kappa shape index (κ3) is 6.02. The van der Waals surface area contributed by atoms with Crippen molar-refractivity contribution in [2.24, 2.45) is 0 Å². The summed E-state index contributed by atoms with van der Waals surface area (Å²) in [7, 11) is 0. The molecular weight excluding hydrogens is 412 g/mol. The highest BCUT2D eigenvalue weighted by Gasteiger charge is 2.20. The molecule has 8 heteroatoms. The predicted octanol–water partition coefficient (Wildman–Crippen LogP) is 3.68. The van der Waals surface area contributed by atoms with E-state index in [2.05, 4.69) is 15.0 Å². The first kappa shape index (κ1) is 21.3. The minimum atomic E-state index is 0.0272. The van der Waals surface area contributed by atoms with E-state index >= 15 is 0 Å². The Morgan fingerprint density at radius 3 is 2.77 bits per heavy atom. The summed E-state index contributed by atoms with van der Waals surface area (Å²) in [5, 5.41) is 6.96. The minimum absolute atomic E-state index is 0.0272. The van der Waals surface area contributed by atoms with Crippen molar-refractivity contribution in [1.29, 1.82) is 0 Å². The highest BCUT2D eigenvalue weighted by molar-refractivity contribution is 7.09. The number of hydrogen-bond donors (Lipinski definition) is 0. The van der Waals surface area contributed by atoms with Crippen LogP contribution in [-0.2, 0) is 17.9 Å². The maximum Gasteiger partial charge on any atom is 0.246 e. The highest BCUT2D eigenvalue weighted by atomic mass is 32.1. The van der Waals surface area contributed by atoms with Gasteiger partial charge in [0.15, 0.2) is 5.76 Å². The van der Waals surface area contributed by atoms with E-state index in [1.54, 1.807) is 17.4 Å². The molecule has 0 atom stereocenters. The second kappa shape index (κ2) is 9.89. The molecule has 162 valence electrons. The number of ether oxygens (including phenoxy) is 1. The molecule has 3 heterocycles. The Hall–Kier alpha value is -2.97. The summed E-state index contributed by atoms with van der Waals surface area (Å²) in [6.45, 7) is 8.10. The summed E-state index contributed by atoms with van der Waals surface area (Å²) < 4.78 is 11.1. The molecule has 0 aliphatic carbocycles. The van der Waals surface area contributed by atoms with Gasteiger partial charge in [-0.05, 0) is 37.6 Å². The Kier molecular flexibility index (Phi) is 6.79. The highest BCUT2D eigenvalue weighted by Crippen LogP contribution is 2.17. The fourth-order valence-electron chi connectivity index (χ4n) is 3.45. The fourth-order valence-corrected chi connectivity index (χ4v) is 4.05. The van der Waals surface area contributed by atoms with E-state index in [1.165, 1.54) is 0 Å². The average molecular weight is 439 g/mol. The normalized spacial score (nSPS) is 15.0. The molecule has 1 amide bonds. The van der Waals surface area contributed by atoms with Crippen LogP contribution in [0.25, 0.3) is 6.08 Å². The zero-order chi connectivity index (χ0) is 21.6. The number of aryl methyl sites for hydroxylation is 2. The van der Waals surface area contributed by atoms with Crippen LogP contribution in [-0.4, -0.2) is 52.0 Å². The van der Waals surface area contributed by atoms with Crippen LogP contribution in [0.5, 0.6) is 5.75 Å². The van der Waals surface area contributed by atoms with Gasteiger partial charge in [-0.3, -0.25) is 9.69 Å². The molecule has 0 radical (unpaired) electrons. The van der Waals surface area contributed by atoms with Gasteiger partial charge in [-0.1, -0.05) is 17.3 Å². The smallest absolute Gasteiger partial charge is 0.246 e. The summed E-state index contributed by atoms with van der Waals surface area (Å²) in [6, 6.07) is 9.68. The van der Waals surface area contributed by atoms with Crippen LogP contribution in [0.15, 0.2) is 46.3 Å². The minimum Gasteiger partial charge on any atom is -0.487 e. The van der Waals surface area contributed by atoms with Crippen LogP contribution >= 0.6 is 11.3 Å². The molecule has 31 heavy (non-hydrogen) atoms. The molecule has 1 fully saturated rings. The molecular formula is C23H26N4O3S. The van der Waals surface area contributed by atoms with Gasteiger partial charge in [0, 0.05) is 43.7 Å². The molecule has 0 unspecified atom stereocenters. The first-order chi connectivity index (χ1) is 15.0. The Morgan fingerprint density at radius 2 is 2.06 bits per heavy atom. The number of carbonyl (C=O) groups is 1. The Labute approximate surface area is 185 Å². The average Bonchev–Trinajstić information content (AvgIpc) is 3.39. The number of aromatic nitrogens is 2. The molecule has 7 nitrogen and oxygen atoms in total. The summed E-state index contributed by atoms with van der Waals surface area (Å²) in [5.74, 6) is 1.65. The van der Waals surface area contributed by atoms with Crippen molar-refractivity contribution in [3.63, 3.8) is 0 Å². The molecule has 2 aromatic heterocycles. The van der Waals surface area contributed by atoms with Gasteiger partial charge in [-0.25, -0.2) is 4.98 Å². The number of benzene rings is 1. The van der Waals surface area contributed by atoms with Crippen LogP contribution in [0.2, 0.25) is 0 Å². The van der Waals surface area contributed by atoms with Gasteiger partial charge in [0.2, 0.25) is 5.91 Å². The molecule has 1 aliphatic rings. The summed E-state index contributed by atoms with van der Waals surface area (Å²) in [6.07, 6.45) is 3.48. The molecule has 0 bridgehead atoms.